The van der Waals surface area contributed by atoms with Crippen molar-refractivity contribution in [2.24, 2.45) is 5.92 Å². The van der Waals surface area contributed by atoms with Crippen LogP contribution in [0.15, 0.2) is 24.4 Å². The first-order valence-electron chi connectivity index (χ1n) is 9.27. The number of aliphatic carboxylic acids is 1. The number of carbonyl (C=O) groups is 2. The Morgan fingerprint density at radius 2 is 1.85 bits per heavy atom. The van der Waals surface area contributed by atoms with E-state index in [0.29, 0.717) is 31.4 Å². The fraction of sp³-hybridized carbons (Fsp3) is 0.450. The van der Waals surface area contributed by atoms with Crippen LogP contribution in [0.4, 0.5) is 10.5 Å². The lowest BCUT2D eigenvalue weighted by atomic mass is 9.86. The summed E-state index contributed by atoms with van der Waals surface area (Å²) in [7, 11) is 0. The third kappa shape index (κ3) is 4.30. The van der Waals surface area contributed by atoms with Crippen LogP contribution >= 0.6 is 0 Å². The maximum Gasteiger partial charge on any atom is 0.319 e. The first-order chi connectivity index (χ1) is 12.8. The lowest BCUT2D eigenvalue weighted by molar-refractivity contribution is -0.142. The molecule has 27 heavy (non-hydrogen) atoms. The molecule has 1 saturated carbocycles. The zero-order chi connectivity index (χ0) is 19.6. The standard InChI is InChI=1S/C20H26N4O3/c1-12-4-5-13(2)18(10-12)24-14(3)17(11-21-24)23-20(27)22-16-8-6-15(7-9-16)19(25)26/h4-5,10-11,15-16H,6-9H2,1-3H3,(H,25,26)(H2,22,23,27). The Kier molecular flexibility index (Phi) is 5.48. The van der Waals surface area contributed by atoms with Gasteiger partial charge < -0.3 is 15.7 Å². The number of hydrogen-bond acceptors (Lipinski definition) is 3. The first kappa shape index (κ1) is 18.9. The van der Waals surface area contributed by atoms with Crippen LogP contribution in [0.5, 0.6) is 0 Å². The van der Waals surface area contributed by atoms with E-state index in [1.54, 1.807) is 6.20 Å². The molecule has 0 aliphatic heterocycles. The minimum absolute atomic E-state index is 0.00923. The zero-order valence-electron chi connectivity index (χ0n) is 16.0. The van der Waals surface area contributed by atoms with Gasteiger partial charge in [0.1, 0.15) is 0 Å². The summed E-state index contributed by atoms with van der Waals surface area (Å²) < 4.78 is 1.83. The van der Waals surface area contributed by atoms with E-state index in [2.05, 4.69) is 33.9 Å². The summed E-state index contributed by atoms with van der Waals surface area (Å²) in [6, 6.07) is 5.91. The molecule has 0 radical (unpaired) electrons. The number of aryl methyl sites for hydroxylation is 2. The fourth-order valence-corrected chi connectivity index (χ4v) is 3.55. The molecule has 3 N–H and O–H groups in total. The monoisotopic (exact) mass is 370 g/mol. The van der Waals surface area contributed by atoms with Crippen molar-refractivity contribution in [3.05, 3.63) is 41.2 Å². The number of anilines is 1. The number of urea groups is 1. The van der Waals surface area contributed by atoms with Gasteiger partial charge in [0.25, 0.3) is 0 Å². The molecule has 7 heteroatoms. The SMILES string of the molecule is Cc1ccc(C)c(-n2ncc(NC(=O)NC3CCC(C(=O)O)CC3)c2C)c1. The van der Waals surface area contributed by atoms with Crippen LogP contribution in [0, 0.1) is 26.7 Å². The van der Waals surface area contributed by atoms with Gasteiger partial charge >= 0.3 is 12.0 Å². The van der Waals surface area contributed by atoms with Crippen LogP contribution in [0.3, 0.4) is 0 Å². The van der Waals surface area contributed by atoms with Crippen molar-refractivity contribution in [2.45, 2.75) is 52.5 Å². The van der Waals surface area contributed by atoms with Crippen LogP contribution in [0.25, 0.3) is 5.69 Å². The van der Waals surface area contributed by atoms with E-state index in [-0.39, 0.29) is 18.0 Å². The quantitative estimate of drug-likeness (QED) is 0.767. The van der Waals surface area contributed by atoms with Crippen molar-refractivity contribution in [2.75, 3.05) is 5.32 Å². The molecular formula is C20H26N4O3. The normalized spacial score (nSPS) is 19.5. The van der Waals surface area contributed by atoms with Gasteiger partial charge in [0, 0.05) is 6.04 Å². The summed E-state index contributed by atoms with van der Waals surface area (Å²) in [4.78, 5) is 23.4. The molecule has 0 unspecified atom stereocenters. The highest BCUT2D eigenvalue weighted by atomic mass is 16.4. The van der Waals surface area contributed by atoms with Gasteiger partial charge in [0.15, 0.2) is 0 Å². The molecule has 2 aromatic rings. The Morgan fingerprint density at radius 1 is 1.15 bits per heavy atom. The molecular weight excluding hydrogens is 344 g/mol. The number of amides is 2. The molecule has 2 amide bonds. The average Bonchev–Trinajstić information content (AvgIpc) is 2.98. The Balaban J connectivity index is 1.63. The van der Waals surface area contributed by atoms with Crippen molar-refractivity contribution in [3.63, 3.8) is 0 Å². The highest BCUT2D eigenvalue weighted by Gasteiger charge is 2.26. The molecule has 0 spiro atoms. The van der Waals surface area contributed by atoms with Crippen molar-refractivity contribution in [1.82, 2.24) is 15.1 Å². The number of nitrogens with one attached hydrogen (secondary N) is 2. The van der Waals surface area contributed by atoms with Crippen molar-refractivity contribution >= 4 is 17.7 Å². The second-order valence-electron chi connectivity index (χ2n) is 7.33. The van der Waals surface area contributed by atoms with Crippen LogP contribution in [-0.2, 0) is 4.79 Å². The van der Waals surface area contributed by atoms with Crippen LogP contribution in [0.2, 0.25) is 0 Å². The molecule has 1 aliphatic carbocycles. The number of aromatic nitrogens is 2. The van der Waals surface area contributed by atoms with Gasteiger partial charge in [-0.2, -0.15) is 5.10 Å². The lowest BCUT2D eigenvalue weighted by Gasteiger charge is -2.26. The van der Waals surface area contributed by atoms with Gasteiger partial charge in [0.05, 0.1) is 29.2 Å². The highest BCUT2D eigenvalue weighted by Crippen LogP contribution is 2.25. The molecule has 1 fully saturated rings. The average molecular weight is 370 g/mol. The molecule has 0 saturated heterocycles. The molecule has 0 bridgehead atoms. The van der Waals surface area contributed by atoms with Crippen molar-refractivity contribution < 1.29 is 14.7 Å². The summed E-state index contributed by atoms with van der Waals surface area (Å²) >= 11 is 0. The van der Waals surface area contributed by atoms with Gasteiger partial charge in [0.2, 0.25) is 0 Å². The Hall–Kier alpha value is -2.83. The maximum absolute atomic E-state index is 12.3. The molecule has 1 aromatic carbocycles. The van der Waals surface area contributed by atoms with Crippen molar-refractivity contribution in [1.29, 1.82) is 0 Å². The number of hydrogen-bond donors (Lipinski definition) is 3. The lowest BCUT2D eigenvalue weighted by Crippen LogP contribution is -2.41. The number of rotatable bonds is 4. The van der Waals surface area contributed by atoms with Gasteiger partial charge in [-0.1, -0.05) is 12.1 Å². The summed E-state index contributed by atoms with van der Waals surface area (Å²) in [5.74, 6) is -1.03. The number of carboxylic acids is 1. The Bertz CT molecular complexity index is 851. The smallest absolute Gasteiger partial charge is 0.319 e. The summed E-state index contributed by atoms with van der Waals surface area (Å²) in [6.45, 7) is 5.99. The van der Waals surface area contributed by atoms with E-state index in [0.717, 1.165) is 22.5 Å². The van der Waals surface area contributed by atoms with E-state index in [9.17, 15) is 9.59 Å². The van der Waals surface area contributed by atoms with Gasteiger partial charge in [-0.3, -0.25) is 4.79 Å². The maximum atomic E-state index is 12.3. The molecule has 1 heterocycles. The molecule has 1 aromatic heterocycles. The second kappa shape index (κ2) is 7.82. The summed E-state index contributed by atoms with van der Waals surface area (Å²) in [5.41, 5.74) is 4.77. The molecule has 1 aliphatic rings. The van der Waals surface area contributed by atoms with E-state index < -0.39 is 5.97 Å². The van der Waals surface area contributed by atoms with E-state index in [4.69, 9.17) is 5.11 Å². The van der Waals surface area contributed by atoms with E-state index in [1.807, 2.05) is 25.5 Å². The minimum atomic E-state index is -0.743. The Labute approximate surface area is 158 Å². The predicted octanol–water partition coefficient (Wildman–Crippen LogP) is 3.56. The van der Waals surface area contributed by atoms with Crippen molar-refractivity contribution in [3.8, 4) is 5.69 Å². The van der Waals surface area contributed by atoms with E-state index >= 15 is 0 Å². The number of carbonyl (C=O) groups excluding carboxylic acids is 1. The van der Waals surface area contributed by atoms with Crippen LogP contribution in [0.1, 0.15) is 42.5 Å². The van der Waals surface area contributed by atoms with E-state index in [1.165, 1.54) is 0 Å². The van der Waals surface area contributed by atoms with Crippen LogP contribution in [-0.4, -0.2) is 32.9 Å². The topological polar surface area (TPSA) is 96.3 Å². The third-order valence-corrected chi connectivity index (χ3v) is 5.26. The third-order valence-electron chi connectivity index (χ3n) is 5.26. The van der Waals surface area contributed by atoms with Gasteiger partial charge in [-0.25, -0.2) is 9.48 Å². The largest absolute Gasteiger partial charge is 0.481 e. The number of carboxylic acid groups (broad SMARTS) is 1. The predicted molar refractivity (Wildman–Crippen MR) is 103 cm³/mol. The summed E-state index contributed by atoms with van der Waals surface area (Å²) in [5, 5.41) is 19.3. The number of benzene rings is 1. The van der Waals surface area contributed by atoms with Gasteiger partial charge in [-0.05, 0) is 63.6 Å². The summed E-state index contributed by atoms with van der Waals surface area (Å²) in [6.07, 6.45) is 4.22. The first-order valence-corrected chi connectivity index (χ1v) is 9.27. The molecule has 7 nitrogen and oxygen atoms in total. The Morgan fingerprint density at radius 3 is 2.52 bits per heavy atom. The fourth-order valence-electron chi connectivity index (χ4n) is 3.55. The zero-order valence-corrected chi connectivity index (χ0v) is 16.0. The molecule has 144 valence electrons. The molecule has 0 atom stereocenters. The highest BCUT2D eigenvalue weighted by molar-refractivity contribution is 5.90. The second-order valence-corrected chi connectivity index (χ2v) is 7.33. The minimum Gasteiger partial charge on any atom is -0.481 e. The number of nitrogens with zero attached hydrogens (tertiary/aromatic N) is 2. The van der Waals surface area contributed by atoms with Crippen LogP contribution < -0.4 is 10.6 Å². The molecule has 3 rings (SSSR count). The van der Waals surface area contributed by atoms with Gasteiger partial charge in [-0.15, -0.1) is 0 Å².